The van der Waals surface area contributed by atoms with Crippen LogP contribution in [0.5, 0.6) is 0 Å². The molecule has 21 heavy (non-hydrogen) atoms. The van der Waals surface area contributed by atoms with E-state index in [0.29, 0.717) is 12.5 Å². The Hall–Kier alpha value is -1.06. The van der Waals surface area contributed by atoms with Gasteiger partial charge < -0.3 is 10.2 Å². The molecule has 120 valence electrons. The fourth-order valence-electron chi connectivity index (χ4n) is 3.91. The molecule has 0 aromatic carbocycles. The Morgan fingerprint density at radius 1 is 1.05 bits per heavy atom. The van der Waals surface area contributed by atoms with E-state index in [1.165, 1.54) is 0 Å². The summed E-state index contributed by atoms with van der Waals surface area (Å²) in [6.45, 7) is 17.3. The summed E-state index contributed by atoms with van der Waals surface area (Å²) in [6, 6.07) is -0.349. The summed E-state index contributed by atoms with van der Waals surface area (Å²) < 4.78 is 0. The highest BCUT2D eigenvalue weighted by Gasteiger charge is 2.65. The van der Waals surface area contributed by atoms with E-state index in [4.69, 9.17) is 0 Å². The van der Waals surface area contributed by atoms with Gasteiger partial charge in [0, 0.05) is 6.54 Å². The van der Waals surface area contributed by atoms with Crippen molar-refractivity contribution in [3.63, 3.8) is 0 Å². The van der Waals surface area contributed by atoms with Crippen molar-refractivity contribution < 1.29 is 9.59 Å². The molecule has 1 atom stereocenters. The minimum absolute atomic E-state index is 0.0223. The highest BCUT2D eigenvalue weighted by atomic mass is 16.2. The fourth-order valence-corrected chi connectivity index (χ4v) is 3.91. The molecule has 2 rings (SSSR count). The molecule has 1 saturated heterocycles. The first-order valence-electron chi connectivity index (χ1n) is 7.97. The number of nitrogens with zero attached hydrogens (tertiary/aromatic N) is 1. The second-order valence-electron chi connectivity index (χ2n) is 8.76. The van der Waals surface area contributed by atoms with Gasteiger partial charge in [-0.05, 0) is 36.5 Å². The van der Waals surface area contributed by atoms with E-state index >= 15 is 0 Å². The quantitative estimate of drug-likeness (QED) is 0.869. The Balaban J connectivity index is 2.29. The maximum absolute atomic E-state index is 12.8. The maximum atomic E-state index is 12.8. The lowest BCUT2D eigenvalue weighted by atomic mass is 9.91. The number of hydrogen-bond acceptors (Lipinski definition) is 2. The molecule has 1 heterocycles. The van der Waals surface area contributed by atoms with E-state index in [0.717, 1.165) is 0 Å². The molecule has 4 heteroatoms. The van der Waals surface area contributed by atoms with Gasteiger partial charge >= 0.3 is 0 Å². The predicted octanol–water partition coefficient (Wildman–Crippen LogP) is 2.43. The topological polar surface area (TPSA) is 49.4 Å². The first kappa shape index (κ1) is 16.3. The third kappa shape index (κ3) is 2.27. The van der Waals surface area contributed by atoms with Crippen LogP contribution < -0.4 is 5.32 Å². The summed E-state index contributed by atoms with van der Waals surface area (Å²) in [6.07, 6.45) is 0. The van der Waals surface area contributed by atoms with Crippen LogP contribution in [0.15, 0.2) is 0 Å². The van der Waals surface area contributed by atoms with Crippen LogP contribution in [0, 0.1) is 22.7 Å². The van der Waals surface area contributed by atoms with Crippen molar-refractivity contribution in [1.82, 2.24) is 10.2 Å². The van der Waals surface area contributed by atoms with Crippen molar-refractivity contribution >= 4 is 11.8 Å². The molecular weight excluding hydrogens is 264 g/mol. The normalized spacial score (nSPS) is 30.5. The zero-order chi connectivity index (χ0) is 16.4. The second-order valence-corrected chi connectivity index (χ2v) is 8.76. The van der Waals surface area contributed by atoms with E-state index in [9.17, 15) is 9.59 Å². The number of carbonyl (C=O) groups is 2. The summed E-state index contributed by atoms with van der Waals surface area (Å²) in [7, 11) is 0. The smallest absolute Gasteiger partial charge is 0.248 e. The average Bonchev–Trinajstić information content (AvgIpc) is 2.66. The number of piperazine rings is 1. The summed E-state index contributed by atoms with van der Waals surface area (Å²) in [4.78, 5) is 27.1. The number of nitrogens with one attached hydrogen (secondary N) is 1. The van der Waals surface area contributed by atoms with Crippen LogP contribution in [0.1, 0.15) is 55.4 Å². The van der Waals surface area contributed by atoms with Gasteiger partial charge in [-0.1, -0.05) is 41.5 Å². The van der Waals surface area contributed by atoms with Crippen LogP contribution >= 0.6 is 0 Å². The molecule has 1 aliphatic heterocycles. The van der Waals surface area contributed by atoms with Gasteiger partial charge in [0.2, 0.25) is 11.8 Å². The lowest BCUT2D eigenvalue weighted by Crippen LogP contribution is -2.69. The van der Waals surface area contributed by atoms with Gasteiger partial charge in [-0.15, -0.1) is 0 Å². The summed E-state index contributed by atoms with van der Waals surface area (Å²) >= 11 is 0. The monoisotopic (exact) mass is 294 g/mol. The molecule has 0 aromatic heterocycles. The van der Waals surface area contributed by atoms with Gasteiger partial charge in [0.25, 0.3) is 0 Å². The Morgan fingerprint density at radius 3 is 1.90 bits per heavy atom. The molecule has 1 unspecified atom stereocenters. The molecule has 1 N–H and O–H groups in total. The van der Waals surface area contributed by atoms with Crippen LogP contribution in [-0.4, -0.2) is 34.8 Å². The number of rotatable bonds is 3. The first-order valence-corrected chi connectivity index (χ1v) is 7.97. The Morgan fingerprint density at radius 2 is 1.52 bits per heavy atom. The van der Waals surface area contributed by atoms with Crippen LogP contribution in [-0.2, 0) is 9.59 Å². The number of amides is 2. The van der Waals surface area contributed by atoms with E-state index < -0.39 is 5.54 Å². The summed E-state index contributed by atoms with van der Waals surface area (Å²) in [5, 5.41) is 2.87. The summed E-state index contributed by atoms with van der Waals surface area (Å²) in [5.74, 6) is 0.581. The zero-order valence-corrected chi connectivity index (χ0v) is 14.7. The highest BCUT2D eigenvalue weighted by molar-refractivity contribution is 5.99. The lowest BCUT2D eigenvalue weighted by molar-refractivity contribution is -0.155. The lowest BCUT2D eigenvalue weighted by Gasteiger charge is -2.44. The van der Waals surface area contributed by atoms with Crippen LogP contribution in [0.4, 0.5) is 0 Å². The molecule has 0 bridgehead atoms. The van der Waals surface area contributed by atoms with E-state index in [2.05, 4.69) is 33.0 Å². The largest absolute Gasteiger partial charge is 0.340 e. The Kier molecular flexibility index (Phi) is 3.47. The predicted molar refractivity (Wildman–Crippen MR) is 83.6 cm³/mol. The molecule has 2 aliphatic rings. The van der Waals surface area contributed by atoms with Crippen molar-refractivity contribution in [2.75, 3.05) is 6.54 Å². The summed E-state index contributed by atoms with van der Waals surface area (Å²) in [5.41, 5.74) is -0.370. The van der Waals surface area contributed by atoms with E-state index in [1.54, 1.807) is 13.8 Å². The number of hydrogen-bond donors (Lipinski definition) is 1. The minimum atomic E-state index is -0.800. The third-order valence-corrected chi connectivity index (χ3v) is 6.17. The van der Waals surface area contributed by atoms with Crippen molar-refractivity contribution in [2.24, 2.45) is 22.7 Å². The van der Waals surface area contributed by atoms with Crippen molar-refractivity contribution in [3.8, 4) is 0 Å². The standard InChI is InChI=1S/C17H30N2O2/c1-10(2)12-13(20)18-17(7,8)14(21)19(12)9-11-15(3,4)16(11,5)6/h10-12H,9H2,1-8H3,(H,18,20). The zero-order valence-electron chi connectivity index (χ0n) is 14.7. The Labute approximate surface area is 128 Å². The van der Waals surface area contributed by atoms with Crippen LogP contribution in [0.3, 0.4) is 0 Å². The van der Waals surface area contributed by atoms with Crippen molar-refractivity contribution in [1.29, 1.82) is 0 Å². The van der Waals surface area contributed by atoms with Gasteiger partial charge in [0.05, 0.1) is 0 Å². The van der Waals surface area contributed by atoms with Crippen molar-refractivity contribution in [2.45, 2.75) is 67.0 Å². The first-order chi connectivity index (χ1) is 9.34. The minimum Gasteiger partial charge on any atom is -0.340 e. The molecule has 0 aromatic rings. The van der Waals surface area contributed by atoms with E-state index in [1.807, 2.05) is 18.7 Å². The molecule has 4 nitrogen and oxygen atoms in total. The van der Waals surface area contributed by atoms with Gasteiger partial charge in [-0.25, -0.2) is 0 Å². The van der Waals surface area contributed by atoms with Crippen LogP contribution in [0.2, 0.25) is 0 Å². The SMILES string of the molecule is CC(C)C1C(=O)NC(C)(C)C(=O)N1CC1C(C)(C)C1(C)C. The van der Waals surface area contributed by atoms with Gasteiger partial charge in [-0.3, -0.25) is 9.59 Å². The van der Waals surface area contributed by atoms with E-state index in [-0.39, 0.29) is 34.6 Å². The van der Waals surface area contributed by atoms with Gasteiger partial charge in [0.1, 0.15) is 11.6 Å². The van der Waals surface area contributed by atoms with Crippen molar-refractivity contribution in [3.05, 3.63) is 0 Å². The molecular formula is C17H30N2O2. The second kappa shape index (κ2) is 4.47. The molecule has 2 fully saturated rings. The molecule has 2 amide bonds. The molecule has 1 saturated carbocycles. The Bertz CT molecular complexity index is 463. The average molecular weight is 294 g/mol. The van der Waals surface area contributed by atoms with Crippen LogP contribution in [0.25, 0.3) is 0 Å². The molecule has 0 spiro atoms. The third-order valence-electron chi connectivity index (χ3n) is 6.17. The molecule has 0 radical (unpaired) electrons. The number of carbonyl (C=O) groups excluding carboxylic acids is 2. The van der Waals surface area contributed by atoms with Gasteiger partial charge in [-0.2, -0.15) is 0 Å². The highest BCUT2D eigenvalue weighted by Crippen LogP contribution is 2.68. The molecule has 1 aliphatic carbocycles. The van der Waals surface area contributed by atoms with Gasteiger partial charge in [0.15, 0.2) is 0 Å². The fraction of sp³-hybridized carbons (Fsp3) is 0.882. The maximum Gasteiger partial charge on any atom is 0.248 e.